The van der Waals surface area contributed by atoms with Crippen LogP contribution in [0.1, 0.15) is 107 Å². The molecule has 18 aromatic rings. The van der Waals surface area contributed by atoms with Crippen LogP contribution < -0.4 is 0 Å². The average Bonchev–Trinajstić information content (AvgIpc) is 1.61. The van der Waals surface area contributed by atoms with Crippen LogP contribution in [0, 0.1) is 120 Å². The minimum Gasteiger partial charge on any atom is -0.463 e. The molecule has 0 aliphatic carbocycles. The third kappa shape index (κ3) is 28.8. The van der Waals surface area contributed by atoms with Gasteiger partial charge in [0, 0.05) is 164 Å². The van der Waals surface area contributed by atoms with E-state index in [-0.39, 0.29) is 46.7 Å². The molecule has 21 heteroatoms. The van der Waals surface area contributed by atoms with Gasteiger partial charge in [0.25, 0.3) is 0 Å². The largest absolute Gasteiger partial charge is 0.463 e. The van der Waals surface area contributed by atoms with Crippen LogP contribution in [-0.4, -0.2) is 35.4 Å². The third-order valence-corrected chi connectivity index (χ3v) is 21.6. The molecule has 0 amide bonds. The number of halogens is 7. The minimum atomic E-state index is -0.299. The molecule has 5 aromatic heterocycles. The summed E-state index contributed by atoms with van der Waals surface area (Å²) >= 11 is 0. The lowest BCUT2D eigenvalue weighted by molar-refractivity contribution is -0.138. The zero-order chi connectivity index (χ0) is 102. The number of hydrogen-bond donors (Lipinski definition) is 0. The first kappa shape index (κ1) is 104. The highest BCUT2D eigenvalue weighted by molar-refractivity contribution is 5.99. The molecule has 143 heavy (non-hydrogen) atoms. The monoisotopic (exact) mass is 1890 g/mol. The van der Waals surface area contributed by atoms with Crippen LogP contribution in [0.25, 0.3) is 132 Å². The average molecular weight is 1890 g/mol. The van der Waals surface area contributed by atoms with Gasteiger partial charge in [-0.25, -0.2) is 35.5 Å². The van der Waals surface area contributed by atoms with Crippen molar-refractivity contribution < 1.29 is 40.3 Å². The maximum atomic E-state index is 14.3. The standard InChI is InChI=1S/C20H19NO2.4C18H13FN2.3C10H8FN/c1-3-23-20(22)15(2)13-16-14-21(17-9-5-4-6-10-17)19-12-8-7-11-18(16)19;1-13(11-20)10-14-12-21(15-6-3-2-4-7-15)17-9-5-8-16(19)18(14)17;1-13(11-20)10-14-12-21(15-6-3-2-4-7-15)18-16(14)8-5-9-17(18)19;1-13(11-20)9-14-12-21(16-5-3-2-4-6-16)18-8-7-15(19)10-17(14)18;1-13(11-20)9-14-12-21(16-5-3-2-4-6-16)18-10-15(19)7-8-17(14)18;1-8(7-12)6-9-2-4-10(11)5-3-9;1-8(7-12)5-9-3-2-4-10(11)6-9;1-8(7-12)6-9-4-2-3-5-10(9)11/h4-14H,3H2,1-2H3;4*2-10,12H,1H3;3*2-6H,1H3/b15-13+;2*13-10-;2*13-9-;8-6-;8-5-;8-6-. The molecule has 18 rings (SSSR count). The van der Waals surface area contributed by atoms with Crippen molar-refractivity contribution in [3.05, 3.63) is 482 Å². The summed E-state index contributed by atoms with van der Waals surface area (Å²) in [5, 5.41) is 65.3. The molecule has 0 atom stereocenters. The fourth-order valence-electron chi connectivity index (χ4n) is 14.9. The van der Waals surface area contributed by atoms with Gasteiger partial charge in [-0.1, -0.05) is 170 Å². The molecule has 0 fully saturated rings. The summed E-state index contributed by atoms with van der Waals surface area (Å²) in [6.07, 6.45) is 23.5. The van der Waals surface area contributed by atoms with Crippen LogP contribution in [0.2, 0.25) is 0 Å². The SMILES string of the molecule is C/C(C#N)=C/c1ccc(F)cc1.C/C(C#N)=C/c1cccc(F)c1.C/C(C#N)=C/c1ccccc1F.C/C(C#N)=C/c1cn(-c2ccccc2)c2c(F)cccc12.C/C(C#N)=C/c1cn(-c2ccccc2)c2cc(F)ccc12.C/C(C#N)=C/c1cn(-c2ccccc2)c2ccc(F)cc12.C/C(C#N)=C/c1cn(-c2ccccc2)c2cccc(F)c12.CCOC(=O)/C(C)=C/c1cn(-c2ccccc2)c2ccccc12. The second-order valence-electron chi connectivity index (χ2n) is 32.3. The third-order valence-electron chi connectivity index (χ3n) is 21.6. The van der Waals surface area contributed by atoms with Gasteiger partial charge in [0.2, 0.25) is 0 Å². The number of para-hydroxylation sites is 7. The minimum absolute atomic E-state index is 0.262. The summed E-state index contributed by atoms with van der Waals surface area (Å²) < 4.78 is 108. The zero-order valence-electron chi connectivity index (χ0n) is 79.6. The maximum absolute atomic E-state index is 14.3. The van der Waals surface area contributed by atoms with Crippen molar-refractivity contribution in [2.24, 2.45) is 0 Å². The van der Waals surface area contributed by atoms with E-state index in [1.54, 1.807) is 153 Å². The van der Waals surface area contributed by atoms with Gasteiger partial charge in [-0.3, -0.25) is 0 Å². The topological polar surface area (TPSA) is 217 Å². The second kappa shape index (κ2) is 51.7. The Balaban J connectivity index is 0.000000158. The van der Waals surface area contributed by atoms with Crippen molar-refractivity contribution in [3.8, 4) is 70.9 Å². The van der Waals surface area contributed by atoms with E-state index < -0.39 is 0 Å². The van der Waals surface area contributed by atoms with Crippen LogP contribution in [0.5, 0.6) is 0 Å². The molecule has 0 saturated carbocycles. The Bertz CT molecular complexity index is 8090. The Morgan fingerprint density at radius 3 is 1.10 bits per heavy atom. The van der Waals surface area contributed by atoms with Crippen LogP contribution in [0.3, 0.4) is 0 Å². The van der Waals surface area contributed by atoms with E-state index in [2.05, 4.69) is 59.3 Å². The molecule has 14 nitrogen and oxygen atoms in total. The fourth-order valence-corrected chi connectivity index (χ4v) is 14.9. The van der Waals surface area contributed by atoms with Gasteiger partial charge in [-0.05, 0) is 274 Å². The summed E-state index contributed by atoms with van der Waals surface area (Å²) in [4.78, 5) is 11.9. The number of esters is 1. The number of fused-ring (bicyclic) bond motifs is 5. The van der Waals surface area contributed by atoms with E-state index in [1.165, 1.54) is 72.8 Å². The van der Waals surface area contributed by atoms with Gasteiger partial charge >= 0.3 is 5.97 Å². The number of carbonyl (C=O) groups is 1. The van der Waals surface area contributed by atoms with Crippen LogP contribution in [0.4, 0.5) is 30.7 Å². The lowest BCUT2D eigenvalue weighted by Crippen LogP contribution is -2.04. The van der Waals surface area contributed by atoms with Crippen LogP contribution >= 0.6 is 0 Å². The molecule has 13 aromatic carbocycles. The summed E-state index contributed by atoms with van der Waals surface area (Å²) in [7, 11) is 0. The van der Waals surface area contributed by atoms with E-state index in [9.17, 15) is 35.5 Å². The Morgan fingerprint density at radius 2 is 0.601 bits per heavy atom. The summed E-state index contributed by atoms with van der Waals surface area (Å²) in [5.74, 6) is -2.22. The van der Waals surface area contributed by atoms with Gasteiger partial charge in [0.15, 0.2) is 0 Å². The highest BCUT2D eigenvalue weighted by atomic mass is 19.2. The van der Waals surface area contributed by atoms with Gasteiger partial charge in [-0.15, -0.1) is 0 Å². The van der Waals surface area contributed by atoms with E-state index in [0.717, 1.165) is 99.9 Å². The predicted octanol–water partition coefficient (Wildman–Crippen LogP) is 31.6. The fraction of sp³-hybridized carbons (Fsp3) is 0.0820. The van der Waals surface area contributed by atoms with Crippen LogP contribution in [0.15, 0.2) is 397 Å². The number of nitriles is 7. The van der Waals surface area contributed by atoms with Crippen molar-refractivity contribution >= 4 is 109 Å². The lowest BCUT2D eigenvalue weighted by atomic mass is 10.1. The quantitative estimate of drug-likeness (QED) is 0.0412. The Labute approximate surface area is 826 Å². The normalized spacial score (nSPS) is 11.4. The van der Waals surface area contributed by atoms with E-state index in [1.807, 2.05) is 244 Å². The number of nitrogens with zero attached hydrogens (tertiary/aromatic N) is 12. The summed E-state index contributed by atoms with van der Waals surface area (Å²) in [6, 6.07) is 110. The van der Waals surface area contributed by atoms with E-state index in [0.29, 0.717) is 78.8 Å². The predicted molar refractivity (Wildman–Crippen MR) is 561 cm³/mol. The smallest absolute Gasteiger partial charge is 0.333 e. The van der Waals surface area contributed by atoms with Crippen LogP contribution in [-0.2, 0) is 9.53 Å². The highest BCUT2D eigenvalue weighted by Gasteiger charge is 2.18. The molecular formula is C122H95F7N12O2. The Kier molecular flexibility index (Phi) is 37.7. The van der Waals surface area contributed by atoms with Gasteiger partial charge in [0.05, 0.1) is 76.7 Å². The summed E-state index contributed by atoms with van der Waals surface area (Å²) in [6.45, 7) is 16.0. The van der Waals surface area contributed by atoms with Gasteiger partial charge in [-0.2, -0.15) is 36.8 Å². The summed E-state index contributed by atoms with van der Waals surface area (Å²) in [5.41, 5.74) is 20.0. The number of allylic oxidation sites excluding steroid dienone is 7. The lowest BCUT2D eigenvalue weighted by Gasteiger charge is -2.05. The molecule has 0 spiro atoms. The van der Waals surface area contributed by atoms with E-state index in [4.69, 9.17) is 41.6 Å². The van der Waals surface area contributed by atoms with Gasteiger partial charge < -0.3 is 27.6 Å². The number of carbonyl (C=O) groups excluding carboxylic acids is 1. The number of rotatable bonds is 15. The molecule has 0 radical (unpaired) electrons. The first-order valence-electron chi connectivity index (χ1n) is 44.9. The van der Waals surface area contributed by atoms with Crippen molar-refractivity contribution in [3.63, 3.8) is 0 Å². The van der Waals surface area contributed by atoms with Crippen molar-refractivity contribution in [2.75, 3.05) is 6.61 Å². The van der Waals surface area contributed by atoms with Crippen molar-refractivity contribution in [1.29, 1.82) is 36.8 Å². The Hall–Kier alpha value is -19.1. The molecule has 0 N–H and O–H groups in total. The zero-order valence-corrected chi connectivity index (χ0v) is 79.6. The molecule has 0 unspecified atom stereocenters. The Morgan fingerprint density at radius 1 is 0.266 bits per heavy atom. The first-order valence-corrected chi connectivity index (χ1v) is 44.9. The molecule has 0 bridgehead atoms. The van der Waals surface area contributed by atoms with Crippen molar-refractivity contribution in [1.82, 2.24) is 22.8 Å². The molecule has 0 aliphatic rings. The number of ether oxygens (including phenoxy) is 1. The molecule has 704 valence electrons. The molecule has 5 heterocycles. The highest BCUT2D eigenvalue weighted by Crippen LogP contribution is 2.35. The van der Waals surface area contributed by atoms with Crippen molar-refractivity contribution in [2.45, 2.75) is 62.3 Å². The number of benzene rings is 13. The first-order chi connectivity index (χ1) is 69.2. The maximum Gasteiger partial charge on any atom is 0.333 e. The number of hydrogen-bond acceptors (Lipinski definition) is 9. The second-order valence-corrected chi connectivity index (χ2v) is 32.3. The molecule has 0 aliphatic heterocycles. The number of aromatic nitrogens is 5. The van der Waals surface area contributed by atoms with Gasteiger partial charge in [0.1, 0.15) is 40.7 Å². The van der Waals surface area contributed by atoms with E-state index >= 15 is 0 Å². The molecular weight excluding hydrogens is 1800 g/mol. The molecule has 0 saturated heterocycles.